The first-order valence-corrected chi connectivity index (χ1v) is 5.66. The van der Waals surface area contributed by atoms with Crippen LogP contribution in [0.15, 0.2) is 36.4 Å². The summed E-state index contributed by atoms with van der Waals surface area (Å²) >= 11 is 0. The lowest BCUT2D eigenvalue weighted by molar-refractivity contribution is 0.103. The second kappa shape index (κ2) is 4.89. The van der Waals surface area contributed by atoms with Crippen molar-refractivity contribution in [3.8, 4) is 5.75 Å². The maximum atomic E-state index is 12.3. The van der Waals surface area contributed by atoms with Crippen LogP contribution in [0.5, 0.6) is 5.75 Å². The average molecular weight is 257 g/mol. The predicted octanol–water partition coefficient (Wildman–Crippen LogP) is 1.67. The number of hydrogen-bond donors (Lipinski definition) is 3. The number of carbonyl (C=O) groups is 1. The number of ketones is 1. The molecule has 2 aromatic rings. The third-order valence-electron chi connectivity index (χ3n) is 2.81. The Kier molecular flexibility index (Phi) is 3.29. The molecule has 0 bridgehead atoms. The van der Waals surface area contributed by atoms with E-state index in [4.69, 9.17) is 21.9 Å². The summed E-state index contributed by atoms with van der Waals surface area (Å²) in [5.41, 5.74) is 19.3. The monoisotopic (exact) mass is 257 g/mol. The molecule has 0 aliphatic rings. The van der Waals surface area contributed by atoms with Gasteiger partial charge in [0, 0.05) is 22.5 Å². The van der Waals surface area contributed by atoms with Crippen LogP contribution in [-0.4, -0.2) is 12.9 Å². The molecule has 0 fully saturated rings. The van der Waals surface area contributed by atoms with Crippen LogP contribution in [0.1, 0.15) is 15.9 Å². The minimum Gasteiger partial charge on any atom is -0.495 e. The molecule has 0 saturated heterocycles. The molecule has 0 radical (unpaired) electrons. The third-order valence-corrected chi connectivity index (χ3v) is 2.81. The Hall–Kier alpha value is -2.69. The highest BCUT2D eigenvalue weighted by Crippen LogP contribution is 2.25. The number of carbonyl (C=O) groups excluding carboxylic acids is 1. The lowest BCUT2D eigenvalue weighted by Gasteiger charge is -2.08. The molecule has 6 N–H and O–H groups in total. The number of ether oxygens (including phenoxy) is 1. The van der Waals surface area contributed by atoms with E-state index in [1.807, 2.05) is 0 Å². The second-order valence-electron chi connectivity index (χ2n) is 4.13. The molecule has 0 unspecified atom stereocenters. The number of methoxy groups -OCH3 is 1. The van der Waals surface area contributed by atoms with E-state index in [2.05, 4.69) is 0 Å². The summed E-state index contributed by atoms with van der Waals surface area (Å²) in [4.78, 5) is 12.3. The summed E-state index contributed by atoms with van der Waals surface area (Å²) in [6.07, 6.45) is 0. The van der Waals surface area contributed by atoms with Gasteiger partial charge in [-0.2, -0.15) is 0 Å². The van der Waals surface area contributed by atoms with Crippen LogP contribution < -0.4 is 21.9 Å². The average Bonchev–Trinajstić information content (AvgIpc) is 2.40. The number of hydrogen-bond acceptors (Lipinski definition) is 5. The van der Waals surface area contributed by atoms with Gasteiger partial charge in [0.05, 0.1) is 12.8 Å². The Balaban J connectivity index is 2.44. The quantitative estimate of drug-likeness (QED) is 0.573. The highest BCUT2D eigenvalue weighted by atomic mass is 16.5. The van der Waals surface area contributed by atoms with Crippen molar-refractivity contribution in [1.29, 1.82) is 0 Å². The lowest BCUT2D eigenvalue weighted by atomic mass is 10.0. The van der Waals surface area contributed by atoms with Crippen molar-refractivity contribution in [1.82, 2.24) is 0 Å². The molecule has 2 aromatic carbocycles. The summed E-state index contributed by atoms with van der Waals surface area (Å²) in [5.74, 6) is 0.302. The second-order valence-corrected chi connectivity index (χ2v) is 4.13. The first-order valence-electron chi connectivity index (χ1n) is 5.66. The van der Waals surface area contributed by atoms with Crippen molar-refractivity contribution in [2.75, 3.05) is 24.3 Å². The van der Waals surface area contributed by atoms with E-state index in [9.17, 15) is 4.79 Å². The molecular weight excluding hydrogens is 242 g/mol. The number of nitrogens with two attached hydrogens (primary N) is 3. The number of nitrogen functional groups attached to an aromatic ring is 3. The van der Waals surface area contributed by atoms with Crippen LogP contribution in [0.3, 0.4) is 0 Å². The van der Waals surface area contributed by atoms with Crippen molar-refractivity contribution < 1.29 is 9.53 Å². The van der Waals surface area contributed by atoms with E-state index in [0.717, 1.165) is 0 Å². The molecule has 5 nitrogen and oxygen atoms in total. The molecule has 0 saturated carbocycles. The van der Waals surface area contributed by atoms with Gasteiger partial charge in [0.2, 0.25) is 0 Å². The zero-order valence-electron chi connectivity index (χ0n) is 10.5. The maximum absolute atomic E-state index is 12.3. The van der Waals surface area contributed by atoms with Gasteiger partial charge in [0.25, 0.3) is 0 Å². The molecule has 0 spiro atoms. The molecule has 5 heteroatoms. The lowest BCUT2D eigenvalue weighted by Crippen LogP contribution is -2.07. The normalized spacial score (nSPS) is 10.2. The van der Waals surface area contributed by atoms with Crippen LogP contribution in [0.2, 0.25) is 0 Å². The molecule has 0 aliphatic carbocycles. The zero-order chi connectivity index (χ0) is 14.0. The van der Waals surface area contributed by atoms with Crippen LogP contribution in [-0.2, 0) is 0 Å². The van der Waals surface area contributed by atoms with Gasteiger partial charge in [0.1, 0.15) is 5.75 Å². The van der Waals surface area contributed by atoms with Gasteiger partial charge in [-0.15, -0.1) is 0 Å². The molecule has 19 heavy (non-hydrogen) atoms. The van der Waals surface area contributed by atoms with Crippen molar-refractivity contribution in [2.24, 2.45) is 0 Å². The SMILES string of the molecule is COc1ccc(C(=O)c2cc(N)ccc2N)cc1N. The Morgan fingerprint density at radius 2 is 1.74 bits per heavy atom. The van der Waals surface area contributed by atoms with Gasteiger partial charge in [-0.25, -0.2) is 0 Å². The van der Waals surface area contributed by atoms with Crippen LogP contribution in [0.4, 0.5) is 17.1 Å². The van der Waals surface area contributed by atoms with Crippen LogP contribution >= 0.6 is 0 Å². The van der Waals surface area contributed by atoms with Gasteiger partial charge in [-0.1, -0.05) is 0 Å². The molecule has 0 amide bonds. The minimum atomic E-state index is -0.223. The molecular formula is C14H15N3O2. The van der Waals surface area contributed by atoms with Crippen molar-refractivity contribution in [3.63, 3.8) is 0 Å². The van der Waals surface area contributed by atoms with Crippen molar-refractivity contribution >= 4 is 22.8 Å². The van der Waals surface area contributed by atoms with Gasteiger partial charge >= 0.3 is 0 Å². The molecule has 2 rings (SSSR count). The summed E-state index contributed by atoms with van der Waals surface area (Å²) in [6, 6.07) is 9.65. The number of benzene rings is 2. The molecule has 0 heterocycles. The highest BCUT2D eigenvalue weighted by Gasteiger charge is 2.14. The summed E-state index contributed by atoms with van der Waals surface area (Å²) in [5, 5.41) is 0. The molecule has 0 aromatic heterocycles. The smallest absolute Gasteiger partial charge is 0.195 e. The van der Waals surface area contributed by atoms with Crippen LogP contribution in [0.25, 0.3) is 0 Å². The fourth-order valence-corrected chi connectivity index (χ4v) is 1.80. The van der Waals surface area contributed by atoms with Crippen molar-refractivity contribution in [2.45, 2.75) is 0 Å². The van der Waals surface area contributed by atoms with Gasteiger partial charge in [-0.3, -0.25) is 4.79 Å². The first kappa shape index (κ1) is 12.8. The Bertz CT molecular complexity index is 639. The number of anilines is 3. The molecule has 0 atom stereocenters. The summed E-state index contributed by atoms with van der Waals surface area (Å²) in [6.45, 7) is 0. The Morgan fingerprint density at radius 3 is 2.37 bits per heavy atom. The van der Waals surface area contributed by atoms with E-state index < -0.39 is 0 Å². The minimum absolute atomic E-state index is 0.223. The molecule has 0 aliphatic heterocycles. The largest absolute Gasteiger partial charge is 0.495 e. The predicted molar refractivity (Wildman–Crippen MR) is 76.1 cm³/mol. The van der Waals surface area contributed by atoms with E-state index in [1.54, 1.807) is 36.4 Å². The fourth-order valence-electron chi connectivity index (χ4n) is 1.80. The zero-order valence-corrected chi connectivity index (χ0v) is 10.5. The van der Waals surface area contributed by atoms with E-state index in [0.29, 0.717) is 33.9 Å². The van der Waals surface area contributed by atoms with E-state index in [-0.39, 0.29) is 5.78 Å². The third kappa shape index (κ3) is 2.44. The fraction of sp³-hybridized carbons (Fsp3) is 0.0714. The maximum Gasteiger partial charge on any atom is 0.195 e. The Morgan fingerprint density at radius 1 is 1.00 bits per heavy atom. The van der Waals surface area contributed by atoms with E-state index >= 15 is 0 Å². The van der Waals surface area contributed by atoms with Crippen LogP contribution in [0, 0.1) is 0 Å². The summed E-state index contributed by atoms with van der Waals surface area (Å²) < 4.78 is 5.05. The van der Waals surface area contributed by atoms with Gasteiger partial charge in [-0.05, 0) is 36.4 Å². The van der Waals surface area contributed by atoms with Gasteiger partial charge < -0.3 is 21.9 Å². The first-order chi connectivity index (χ1) is 9.02. The Labute approximate surface area is 111 Å². The van der Waals surface area contributed by atoms with Crippen molar-refractivity contribution in [3.05, 3.63) is 47.5 Å². The van der Waals surface area contributed by atoms with Gasteiger partial charge in [0.15, 0.2) is 5.78 Å². The van der Waals surface area contributed by atoms with E-state index in [1.165, 1.54) is 7.11 Å². The summed E-state index contributed by atoms with van der Waals surface area (Å²) in [7, 11) is 1.52. The standard InChI is InChI=1S/C14H15N3O2/c1-19-13-5-2-8(6-12(13)17)14(18)10-7-9(15)3-4-11(10)16/h2-7H,15-17H2,1H3. The number of rotatable bonds is 3. The topological polar surface area (TPSA) is 104 Å². The molecule has 98 valence electrons. The highest BCUT2D eigenvalue weighted by molar-refractivity contribution is 6.13.